The van der Waals surface area contributed by atoms with Gasteiger partial charge >= 0.3 is 5.97 Å². The molecular formula is C48H65BrN8O13. The maximum atomic E-state index is 15.0. The fraction of sp³-hybridized carbons (Fsp3) is 0.521. The zero-order chi connectivity index (χ0) is 52.1. The van der Waals surface area contributed by atoms with E-state index >= 15 is 4.79 Å². The van der Waals surface area contributed by atoms with Crippen LogP contribution in [0.2, 0.25) is 0 Å². The lowest BCUT2D eigenvalue weighted by Gasteiger charge is -2.43. The summed E-state index contributed by atoms with van der Waals surface area (Å²) in [5.74, 6) is -8.90. The Hall–Kier alpha value is -6.39. The minimum atomic E-state index is -1.87. The third-order valence-corrected chi connectivity index (χ3v) is 12.7. The Morgan fingerprint density at radius 2 is 1.54 bits per heavy atom. The highest BCUT2D eigenvalue weighted by atomic mass is 79.9. The van der Waals surface area contributed by atoms with E-state index in [1.54, 1.807) is 51.1 Å². The number of esters is 1. The number of cyclic esters (lactones) is 1. The number of hydrogen-bond donors (Lipinski definition) is 9. The average molecular weight is 1040 g/mol. The first-order valence-corrected chi connectivity index (χ1v) is 23.9. The smallest absolute Gasteiger partial charge is 0.329 e. The van der Waals surface area contributed by atoms with Gasteiger partial charge in [0.15, 0.2) is 0 Å². The number of phenolic OH excluding ortho intramolecular Hbond substituents is 1. The van der Waals surface area contributed by atoms with E-state index in [2.05, 4.69) is 47.8 Å². The molecule has 10 atom stereocenters. The van der Waals surface area contributed by atoms with Gasteiger partial charge in [-0.1, -0.05) is 63.2 Å². The molecule has 10 unspecified atom stereocenters. The zero-order valence-electron chi connectivity index (χ0n) is 40.5. The Labute approximate surface area is 415 Å². The molecule has 22 heteroatoms. The summed E-state index contributed by atoms with van der Waals surface area (Å²) in [5.41, 5.74) is 0.631. The maximum Gasteiger partial charge on any atom is 0.329 e. The van der Waals surface area contributed by atoms with E-state index in [1.807, 2.05) is 0 Å². The lowest BCUT2D eigenvalue weighted by atomic mass is 9.95. The average Bonchev–Trinajstić information content (AvgIpc) is 3.30. The van der Waals surface area contributed by atoms with Crippen LogP contribution in [0.3, 0.4) is 0 Å². The van der Waals surface area contributed by atoms with E-state index in [0.717, 1.165) is 9.80 Å². The molecular weight excluding hydrogens is 976 g/mol. The van der Waals surface area contributed by atoms with Gasteiger partial charge in [-0.3, -0.25) is 38.4 Å². The van der Waals surface area contributed by atoms with Crippen molar-refractivity contribution in [1.29, 1.82) is 0 Å². The quantitative estimate of drug-likeness (QED) is 0.0967. The molecule has 70 heavy (non-hydrogen) atoms. The molecule has 382 valence electrons. The van der Waals surface area contributed by atoms with Gasteiger partial charge < -0.3 is 61.8 Å². The van der Waals surface area contributed by atoms with E-state index in [1.165, 1.54) is 59.0 Å². The summed E-state index contributed by atoms with van der Waals surface area (Å²) in [6, 6.07) is 2.65. The molecule has 0 aliphatic carbocycles. The van der Waals surface area contributed by atoms with E-state index in [9.17, 15) is 53.7 Å². The third kappa shape index (κ3) is 14.6. The number of aliphatic hydroxyl groups is 2. The number of carbonyl (C=O) groups is 9. The van der Waals surface area contributed by atoms with Gasteiger partial charge in [0.1, 0.15) is 66.1 Å². The number of rotatable bonds is 13. The molecule has 0 saturated carbocycles. The number of carbonyl (C=O) groups excluding carboxylic acids is 9. The molecule has 2 aromatic rings. The fourth-order valence-electron chi connectivity index (χ4n) is 7.94. The Morgan fingerprint density at radius 1 is 0.886 bits per heavy atom. The topological polar surface area (TPSA) is 302 Å². The first-order valence-electron chi connectivity index (χ1n) is 23.1. The van der Waals surface area contributed by atoms with Crippen molar-refractivity contribution in [2.24, 2.45) is 5.92 Å². The minimum Gasteiger partial charge on any atom is -0.507 e. The van der Waals surface area contributed by atoms with E-state index < -0.39 is 126 Å². The predicted octanol–water partition coefficient (Wildman–Crippen LogP) is 0.322. The summed E-state index contributed by atoms with van der Waals surface area (Å²) >= 11 is 3.28. The molecule has 4 rings (SSSR count). The van der Waals surface area contributed by atoms with Crippen LogP contribution < -0.4 is 31.9 Å². The lowest BCUT2D eigenvalue weighted by molar-refractivity contribution is -0.165. The van der Waals surface area contributed by atoms with Crippen molar-refractivity contribution in [3.63, 3.8) is 0 Å². The molecule has 0 radical (unpaired) electrons. The first kappa shape index (κ1) is 56.2. The summed E-state index contributed by atoms with van der Waals surface area (Å²) < 4.78 is 6.08. The second-order valence-corrected chi connectivity index (χ2v) is 18.7. The van der Waals surface area contributed by atoms with Crippen molar-refractivity contribution in [3.05, 3.63) is 75.9 Å². The van der Waals surface area contributed by atoms with Gasteiger partial charge in [-0.05, 0) is 92.1 Å². The largest absolute Gasteiger partial charge is 0.507 e. The molecule has 8 amide bonds. The van der Waals surface area contributed by atoms with Gasteiger partial charge in [0.05, 0.1) is 10.6 Å². The number of benzene rings is 2. The maximum absolute atomic E-state index is 15.0. The summed E-state index contributed by atoms with van der Waals surface area (Å²) in [4.78, 5) is 128. The van der Waals surface area contributed by atoms with Gasteiger partial charge in [0.2, 0.25) is 35.4 Å². The van der Waals surface area contributed by atoms with Crippen LogP contribution >= 0.6 is 15.9 Å². The van der Waals surface area contributed by atoms with E-state index in [4.69, 9.17) is 4.74 Å². The van der Waals surface area contributed by atoms with E-state index in [0.29, 0.717) is 17.5 Å². The van der Waals surface area contributed by atoms with Crippen LogP contribution in [0, 0.1) is 5.92 Å². The van der Waals surface area contributed by atoms with Crippen LogP contribution in [0.4, 0.5) is 0 Å². The number of fused-ring (bicyclic) bond motifs is 2. The van der Waals surface area contributed by atoms with Crippen molar-refractivity contribution in [3.8, 4) is 5.75 Å². The van der Waals surface area contributed by atoms with Gasteiger partial charge in [0, 0.05) is 26.3 Å². The molecule has 2 aromatic carbocycles. The van der Waals surface area contributed by atoms with Crippen molar-refractivity contribution >= 4 is 69.2 Å². The molecule has 0 aromatic heterocycles. The highest BCUT2D eigenvalue weighted by molar-refractivity contribution is 9.10. The van der Waals surface area contributed by atoms with Crippen molar-refractivity contribution in [1.82, 2.24) is 41.7 Å². The normalized spacial score (nSPS) is 25.0. The number of nitrogens with one attached hydrogen (secondary N) is 6. The van der Waals surface area contributed by atoms with Crippen LogP contribution in [-0.4, -0.2) is 146 Å². The molecule has 2 heterocycles. The van der Waals surface area contributed by atoms with Crippen LogP contribution in [0.1, 0.15) is 85.3 Å². The number of allylic oxidation sites excluding steroid dienone is 1. The first-order chi connectivity index (χ1) is 33.0. The number of hydrogen-bond acceptors (Lipinski definition) is 13. The van der Waals surface area contributed by atoms with Crippen molar-refractivity contribution in [2.75, 3.05) is 7.05 Å². The Bertz CT molecular complexity index is 2300. The minimum absolute atomic E-state index is 0.0916. The van der Waals surface area contributed by atoms with Gasteiger partial charge in [0.25, 0.3) is 11.8 Å². The van der Waals surface area contributed by atoms with Crippen LogP contribution in [0.25, 0.3) is 0 Å². The fourth-order valence-corrected chi connectivity index (χ4v) is 8.37. The standard InChI is InChI=1S/C48H65BrN8O13/c1-9-14-36(60)50-25(5)41(62)54-39(26(6)58)44(65)55-40-27(7)70-48(69)38(24(3)4)53-43(64)33(23-29-17-19-35(59)30(49)21-29)56(8)47(68)34(22-28-15-12-11-13-16-28)57-37(61)20-18-32(46(57)67)52-42(63)31(10-2)51-45(40)66/h10-13,15-17,19,21,24-27,32-34,37-40,58-59,61H,9,14,18,20,22-23H2,1-8H3,(H,50,60)(H,51,66)(H,52,63)(H,53,64)(H,54,62)(H,55,65). The number of piperidine rings is 1. The summed E-state index contributed by atoms with van der Waals surface area (Å²) in [6.45, 7) is 10.1. The van der Waals surface area contributed by atoms with Crippen molar-refractivity contribution < 1.29 is 63.2 Å². The number of aliphatic hydroxyl groups excluding tert-OH is 2. The molecule has 2 saturated heterocycles. The van der Waals surface area contributed by atoms with Crippen LogP contribution in [0.5, 0.6) is 5.75 Å². The number of halogens is 1. The molecule has 9 N–H and O–H groups in total. The second-order valence-electron chi connectivity index (χ2n) is 17.8. The van der Waals surface area contributed by atoms with Crippen LogP contribution in [-0.2, 0) is 60.7 Å². The monoisotopic (exact) mass is 1040 g/mol. The Balaban J connectivity index is 1.83. The molecule has 21 nitrogen and oxygen atoms in total. The number of amides is 8. The number of ether oxygens (including phenoxy) is 1. The number of phenols is 1. The highest BCUT2D eigenvalue weighted by Crippen LogP contribution is 2.28. The second kappa shape index (κ2) is 25.5. The molecule has 2 aliphatic heterocycles. The predicted molar refractivity (Wildman–Crippen MR) is 256 cm³/mol. The van der Waals surface area contributed by atoms with Crippen LogP contribution in [0.15, 0.2) is 64.8 Å². The number of likely N-dealkylation sites (N-methyl/N-ethyl adjacent to an activating group) is 1. The van der Waals surface area contributed by atoms with E-state index in [-0.39, 0.29) is 42.3 Å². The molecule has 2 fully saturated rings. The van der Waals surface area contributed by atoms with Gasteiger partial charge in [-0.25, -0.2) is 4.79 Å². The Morgan fingerprint density at radius 3 is 2.14 bits per heavy atom. The highest BCUT2D eigenvalue weighted by Gasteiger charge is 2.45. The van der Waals surface area contributed by atoms with Crippen molar-refractivity contribution in [2.45, 2.75) is 148 Å². The summed E-state index contributed by atoms with van der Waals surface area (Å²) in [5, 5.41) is 47.4. The molecule has 2 bridgehead atoms. The van der Waals surface area contributed by atoms with Gasteiger partial charge in [-0.2, -0.15) is 0 Å². The zero-order valence-corrected chi connectivity index (χ0v) is 42.1. The number of nitrogens with zero attached hydrogens (tertiary/aromatic N) is 2. The summed E-state index contributed by atoms with van der Waals surface area (Å²) in [7, 11) is 1.34. The summed E-state index contributed by atoms with van der Waals surface area (Å²) in [6.07, 6.45) is -3.40. The molecule has 0 spiro atoms. The third-order valence-electron chi connectivity index (χ3n) is 12.0. The van der Waals surface area contributed by atoms with Gasteiger partial charge in [-0.15, -0.1) is 0 Å². The SMILES string of the molecule is CC=C1NC(=O)C(NC(=O)C(NC(=O)C(C)NC(=O)CCC)C(C)O)C(C)OC(=O)C(C(C)C)NC(=O)C(Cc2ccc(O)c(Br)c2)N(C)C(=O)C(Cc2ccccc2)N2C(=O)C(CCC2O)NC1=O. The molecule has 2 aliphatic rings. The lowest BCUT2D eigenvalue weighted by Crippen LogP contribution is -2.64. The number of aromatic hydroxyl groups is 1. The Kier molecular flexibility index (Phi) is 20.4.